The Morgan fingerprint density at radius 2 is 2.30 bits per heavy atom. The highest BCUT2D eigenvalue weighted by molar-refractivity contribution is 7.99. The van der Waals surface area contributed by atoms with Gasteiger partial charge in [-0.1, -0.05) is 17.8 Å². The van der Waals surface area contributed by atoms with Gasteiger partial charge in [0.05, 0.1) is 5.39 Å². The van der Waals surface area contributed by atoms with E-state index in [0.717, 1.165) is 20.1 Å². The maximum absolute atomic E-state index is 12.5. The summed E-state index contributed by atoms with van der Waals surface area (Å²) in [6.45, 7) is 2.01. The first-order valence-electron chi connectivity index (χ1n) is 7.04. The van der Waals surface area contributed by atoms with E-state index < -0.39 is 0 Å². The lowest BCUT2D eigenvalue weighted by Crippen LogP contribution is -2.11. The van der Waals surface area contributed by atoms with Gasteiger partial charge in [0.2, 0.25) is 5.91 Å². The van der Waals surface area contributed by atoms with Gasteiger partial charge in [-0.05, 0) is 24.8 Å². The Bertz CT molecular complexity index is 897. The van der Waals surface area contributed by atoms with Gasteiger partial charge in [-0.15, -0.1) is 22.7 Å². The number of amides is 1. The summed E-state index contributed by atoms with van der Waals surface area (Å²) in [6.07, 6.45) is 1.02. The molecule has 0 atom stereocenters. The van der Waals surface area contributed by atoms with E-state index in [1.54, 1.807) is 11.3 Å². The van der Waals surface area contributed by atoms with Crippen molar-refractivity contribution in [2.45, 2.75) is 24.9 Å². The van der Waals surface area contributed by atoms with Gasteiger partial charge >= 0.3 is 0 Å². The van der Waals surface area contributed by atoms with Crippen molar-refractivity contribution in [2.75, 3.05) is 5.75 Å². The summed E-state index contributed by atoms with van der Waals surface area (Å²) in [5.74, 6) is 0.386. The van der Waals surface area contributed by atoms with Gasteiger partial charge in [0.15, 0.2) is 5.16 Å². The second-order valence-electron chi connectivity index (χ2n) is 4.98. The number of nitrogens with two attached hydrogens (primary N) is 1. The number of thiophene rings is 2. The molecule has 0 unspecified atom stereocenters. The minimum absolute atomic E-state index is 0.111. The normalized spacial score (nSPS) is 11.2. The number of aromatic nitrogens is 2. The number of nitrogens with one attached hydrogen (secondary N) is 1. The van der Waals surface area contributed by atoms with E-state index in [0.29, 0.717) is 29.1 Å². The maximum atomic E-state index is 12.5. The van der Waals surface area contributed by atoms with Crippen molar-refractivity contribution >= 4 is 50.6 Å². The third-order valence-corrected chi connectivity index (χ3v) is 6.14. The standard InChI is InChI=1S/C15H15N3O2S3/c1-8-11(9-4-2-6-21-9)12-13(20)17-15(18-14(12)23-8)22-7-3-5-10(16)19/h2,4,6H,3,5,7H2,1H3,(H2,16,19)(H,17,18,20). The molecule has 23 heavy (non-hydrogen) atoms. The third kappa shape index (κ3) is 3.49. The molecule has 0 spiro atoms. The van der Waals surface area contributed by atoms with Crippen molar-refractivity contribution < 1.29 is 4.79 Å². The van der Waals surface area contributed by atoms with E-state index in [4.69, 9.17) is 5.73 Å². The van der Waals surface area contributed by atoms with Gasteiger partial charge < -0.3 is 10.7 Å². The predicted molar refractivity (Wildman–Crippen MR) is 97.4 cm³/mol. The summed E-state index contributed by atoms with van der Waals surface area (Å²) in [7, 11) is 0. The Hall–Kier alpha value is -1.64. The van der Waals surface area contributed by atoms with Crippen molar-refractivity contribution in [2.24, 2.45) is 5.73 Å². The molecule has 0 radical (unpaired) electrons. The SMILES string of the molecule is Cc1sc2nc(SCCCC(N)=O)[nH]c(=O)c2c1-c1cccs1. The summed E-state index contributed by atoms with van der Waals surface area (Å²) in [5, 5.41) is 3.26. The molecular weight excluding hydrogens is 350 g/mol. The molecule has 0 saturated carbocycles. The number of aromatic amines is 1. The summed E-state index contributed by atoms with van der Waals surface area (Å²) in [4.78, 5) is 33.6. The molecule has 0 aliphatic heterocycles. The molecule has 0 aromatic carbocycles. The fraction of sp³-hybridized carbons (Fsp3) is 0.267. The van der Waals surface area contributed by atoms with Crippen LogP contribution in [0.4, 0.5) is 0 Å². The van der Waals surface area contributed by atoms with Crippen molar-refractivity contribution in [1.82, 2.24) is 9.97 Å². The first-order valence-corrected chi connectivity index (χ1v) is 9.73. The number of carbonyl (C=O) groups excluding carboxylic acids is 1. The maximum Gasteiger partial charge on any atom is 0.260 e. The topological polar surface area (TPSA) is 88.8 Å². The molecule has 3 aromatic heterocycles. The summed E-state index contributed by atoms with van der Waals surface area (Å²) < 4.78 is 0. The van der Waals surface area contributed by atoms with Crippen LogP contribution in [0, 0.1) is 6.92 Å². The van der Waals surface area contributed by atoms with Crippen LogP contribution >= 0.6 is 34.4 Å². The molecule has 1 amide bonds. The molecule has 0 bridgehead atoms. The first-order chi connectivity index (χ1) is 11.1. The highest BCUT2D eigenvalue weighted by atomic mass is 32.2. The number of hydrogen-bond acceptors (Lipinski definition) is 6. The van der Waals surface area contributed by atoms with E-state index in [2.05, 4.69) is 9.97 Å². The smallest absolute Gasteiger partial charge is 0.260 e. The molecule has 0 fully saturated rings. The Balaban J connectivity index is 1.91. The first kappa shape index (κ1) is 16.2. The number of primary amides is 1. The lowest BCUT2D eigenvalue weighted by Gasteiger charge is -2.01. The van der Waals surface area contributed by atoms with E-state index >= 15 is 0 Å². The molecule has 3 N–H and O–H groups in total. The minimum atomic E-state index is -0.308. The molecule has 3 aromatic rings. The molecular formula is C15H15N3O2S3. The van der Waals surface area contributed by atoms with Gasteiger partial charge in [-0.2, -0.15) is 0 Å². The molecule has 8 heteroatoms. The molecule has 3 heterocycles. The lowest BCUT2D eigenvalue weighted by molar-refractivity contribution is -0.118. The Labute approximate surface area is 145 Å². The van der Waals surface area contributed by atoms with E-state index in [1.807, 2.05) is 24.4 Å². The van der Waals surface area contributed by atoms with Crippen LogP contribution in [-0.2, 0) is 4.79 Å². The Morgan fingerprint density at radius 3 is 3.00 bits per heavy atom. The van der Waals surface area contributed by atoms with Crippen molar-refractivity contribution in [1.29, 1.82) is 0 Å². The monoisotopic (exact) mass is 365 g/mol. The van der Waals surface area contributed by atoms with Gasteiger partial charge in [-0.3, -0.25) is 9.59 Å². The van der Waals surface area contributed by atoms with Crippen LogP contribution in [0.3, 0.4) is 0 Å². The fourth-order valence-corrected chi connectivity index (χ4v) is 5.10. The lowest BCUT2D eigenvalue weighted by atomic mass is 10.1. The van der Waals surface area contributed by atoms with E-state index in [-0.39, 0.29) is 11.5 Å². The number of fused-ring (bicyclic) bond motifs is 1. The number of nitrogens with zero attached hydrogens (tertiary/aromatic N) is 1. The van der Waals surface area contributed by atoms with Crippen molar-refractivity contribution in [3.8, 4) is 10.4 Å². The van der Waals surface area contributed by atoms with Crippen LogP contribution in [0.2, 0.25) is 0 Å². The van der Waals surface area contributed by atoms with Crippen LogP contribution in [-0.4, -0.2) is 21.6 Å². The number of rotatable bonds is 6. The second-order valence-corrected chi connectivity index (χ2v) is 8.21. The van der Waals surface area contributed by atoms with Gasteiger partial charge in [-0.25, -0.2) is 4.98 Å². The molecule has 0 aliphatic carbocycles. The van der Waals surface area contributed by atoms with Crippen LogP contribution in [0.25, 0.3) is 20.7 Å². The van der Waals surface area contributed by atoms with E-state index in [9.17, 15) is 9.59 Å². The minimum Gasteiger partial charge on any atom is -0.370 e. The van der Waals surface area contributed by atoms with Gasteiger partial charge in [0.25, 0.3) is 5.56 Å². The van der Waals surface area contributed by atoms with Gasteiger partial charge in [0, 0.05) is 27.5 Å². The summed E-state index contributed by atoms with van der Waals surface area (Å²) >= 11 is 4.60. The average molecular weight is 366 g/mol. The average Bonchev–Trinajstić information content (AvgIpc) is 3.10. The molecule has 3 rings (SSSR count). The zero-order valence-electron chi connectivity index (χ0n) is 12.4. The van der Waals surface area contributed by atoms with Crippen molar-refractivity contribution in [3.05, 3.63) is 32.7 Å². The predicted octanol–water partition coefficient (Wildman–Crippen LogP) is 3.38. The number of aryl methyl sites for hydroxylation is 1. The number of carbonyl (C=O) groups is 1. The largest absolute Gasteiger partial charge is 0.370 e. The number of hydrogen-bond donors (Lipinski definition) is 2. The number of H-pyrrole nitrogens is 1. The molecule has 120 valence electrons. The molecule has 0 aliphatic rings. The van der Waals surface area contributed by atoms with Crippen LogP contribution in [0.1, 0.15) is 17.7 Å². The van der Waals surface area contributed by atoms with Crippen molar-refractivity contribution in [3.63, 3.8) is 0 Å². The molecule has 0 saturated heterocycles. The Kier molecular flexibility index (Phi) is 4.84. The third-order valence-electron chi connectivity index (χ3n) is 3.29. The zero-order chi connectivity index (χ0) is 16.4. The zero-order valence-corrected chi connectivity index (χ0v) is 14.9. The van der Waals surface area contributed by atoms with Gasteiger partial charge in [0.1, 0.15) is 4.83 Å². The van der Waals surface area contributed by atoms with E-state index in [1.165, 1.54) is 23.1 Å². The second kappa shape index (κ2) is 6.86. The van der Waals surface area contributed by atoms with Crippen LogP contribution in [0.5, 0.6) is 0 Å². The highest BCUT2D eigenvalue weighted by Crippen LogP contribution is 2.38. The summed E-state index contributed by atoms with van der Waals surface area (Å²) in [5.41, 5.74) is 5.99. The Morgan fingerprint density at radius 1 is 1.48 bits per heavy atom. The highest BCUT2D eigenvalue weighted by Gasteiger charge is 2.17. The van der Waals surface area contributed by atoms with Crippen LogP contribution in [0.15, 0.2) is 27.5 Å². The quantitative estimate of drug-likeness (QED) is 0.398. The van der Waals surface area contributed by atoms with Crippen LogP contribution < -0.4 is 11.3 Å². The molecule has 5 nitrogen and oxygen atoms in total. The fourth-order valence-electron chi connectivity index (χ4n) is 2.30. The summed E-state index contributed by atoms with van der Waals surface area (Å²) in [6, 6.07) is 4.00. The number of thioether (sulfide) groups is 1.